The van der Waals surface area contributed by atoms with E-state index in [1.807, 2.05) is 37.4 Å². The van der Waals surface area contributed by atoms with Gasteiger partial charge < -0.3 is 14.8 Å². The maximum atomic E-state index is 12.4. The van der Waals surface area contributed by atoms with Crippen molar-refractivity contribution in [1.29, 1.82) is 0 Å². The largest absolute Gasteiger partial charge is 0.495 e. The first kappa shape index (κ1) is 21.9. The van der Waals surface area contributed by atoms with Crippen LogP contribution in [-0.4, -0.2) is 31.3 Å². The van der Waals surface area contributed by atoms with Gasteiger partial charge in [0.15, 0.2) is 6.10 Å². The van der Waals surface area contributed by atoms with Crippen LogP contribution in [0.15, 0.2) is 47.4 Å². The molecule has 0 saturated heterocycles. The maximum Gasteiger partial charge on any atom is 0.331 e. The molecule has 1 amide bonds. The molecule has 0 saturated carbocycles. The van der Waals surface area contributed by atoms with Gasteiger partial charge in [0.25, 0.3) is 5.91 Å². The summed E-state index contributed by atoms with van der Waals surface area (Å²) in [4.78, 5) is 25.5. The Labute approximate surface area is 174 Å². The average molecular weight is 420 g/mol. The molecule has 0 unspecified atom stereocenters. The number of esters is 1. The first-order chi connectivity index (χ1) is 13.3. The molecule has 148 valence electrons. The number of hydrogen-bond acceptors (Lipinski definition) is 5. The van der Waals surface area contributed by atoms with E-state index in [1.165, 1.54) is 20.1 Å². The number of nitrogens with one attached hydrogen (secondary N) is 1. The molecular weight excluding hydrogens is 398 g/mol. The number of anilines is 1. The smallest absolute Gasteiger partial charge is 0.331 e. The van der Waals surface area contributed by atoms with Crippen LogP contribution in [0.25, 0.3) is 6.08 Å². The second-order valence-corrected chi connectivity index (χ2v) is 7.26. The van der Waals surface area contributed by atoms with Crippen LogP contribution in [0.5, 0.6) is 5.75 Å². The van der Waals surface area contributed by atoms with E-state index < -0.39 is 18.0 Å². The summed E-state index contributed by atoms with van der Waals surface area (Å²) in [6, 6.07) is 11.1. The van der Waals surface area contributed by atoms with Gasteiger partial charge >= 0.3 is 5.97 Å². The molecule has 28 heavy (non-hydrogen) atoms. The fraction of sp³-hybridized carbons (Fsp3) is 0.238. The number of carbonyl (C=O) groups is 2. The number of rotatable bonds is 7. The summed E-state index contributed by atoms with van der Waals surface area (Å²) in [5, 5.41) is 3.23. The topological polar surface area (TPSA) is 64.6 Å². The molecule has 2 aromatic rings. The molecule has 0 fully saturated rings. The minimum absolute atomic E-state index is 0.427. The van der Waals surface area contributed by atoms with Crippen molar-refractivity contribution in [3.8, 4) is 5.75 Å². The highest BCUT2D eigenvalue weighted by molar-refractivity contribution is 7.98. The minimum atomic E-state index is -0.975. The third kappa shape index (κ3) is 6.04. The van der Waals surface area contributed by atoms with Gasteiger partial charge in [-0.05, 0) is 55.5 Å². The fourth-order valence-corrected chi connectivity index (χ4v) is 2.87. The number of methoxy groups -OCH3 is 1. The molecule has 0 aliphatic heterocycles. The van der Waals surface area contributed by atoms with Crippen molar-refractivity contribution in [2.45, 2.75) is 24.8 Å². The van der Waals surface area contributed by atoms with Gasteiger partial charge in [0.05, 0.1) is 12.8 Å². The van der Waals surface area contributed by atoms with Crippen LogP contribution in [0.4, 0.5) is 5.69 Å². The van der Waals surface area contributed by atoms with E-state index in [9.17, 15) is 9.59 Å². The highest BCUT2D eigenvalue weighted by atomic mass is 35.5. The molecule has 0 heterocycles. The highest BCUT2D eigenvalue weighted by Crippen LogP contribution is 2.31. The van der Waals surface area contributed by atoms with Gasteiger partial charge in [-0.2, -0.15) is 0 Å². The molecule has 0 radical (unpaired) electrons. The monoisotopic (exact) mass is 419 g/mol. The highest BCUT2D eigenvalue weighted by Gasteiger charge is 2.19. The van der Waals surface area contributed by atoms with E-state index in [-0.39, 0.29) is 0 Å². The zero-order valence-electron chi connectivity index (χ0n) is 16.1. The molecule has 0 aliphatic rings. The predicted molar refractivity (Wildman–Crippen MR) is 114 cm³/mol. The summed E-state index contributed by atoms with van der Waals surface area (Å²) >= 11 is 7.71. The number of hydrogen-bond donors (Lipinski definition) is 1. The number of thioether (sulfide) groups is 1. The Bertz CT molecular complexity index is 881. The molecule has 7 heteroatoms. The fourth-order valence-electron chi connectivity index (χ4n) is 2.31. The first-order valence-electron chi connectivity index (χ1n) is 8.51. The van der Waals surface area contributed by atoms with Crippen molar-refractivity contribution in [1.82, 2.24) is 0 Å². The predicted octanol–water partition coefficient (Wildman–Crippen LogP) is 4.96. The van der Waals surface area contributed by atoms with Gasteiger partial charge in [-0.3, -0.25) is 4.79 Å². The standard InChI is InChI=1S/C21H22ClNO4S/c1-13-11-18(19(26-3)12-17(13)22)23-21(25)14(2)27-20(24)10-7-15-5-8-16(28-4)9-6-15/h5-12,14H,1-4H3,(H,23,25)/b10-7+/t14-/m0/s1. The van der Waals surface area contributed by atoms with Crippen LogP contribution < -0.4 is 10.1 Å². The lowest BCUT2D eigenvalue weighted by molar-refractivity contribution is -0.148. The van der Waals surface area contributed by atoms with Crippen LogP contribution >= 0.6 is 23.4 Å². The normalized spacial score (nSPS) is 11.9. The van der Waals surface area contributed by atoms with Crippen LogP contribution in [-0.2, 0) is 14.3 Å². The molecule has 2 aromatic carbocycles. The second kappa shape index (κ2) is 10.2. The molecule has 2 rings (SSSR count). The van der Waals surface area contributed by atoms with Crippen LogP contribution in [0, 0.1) is 6.92 Å². The number of amides is 1. The van der Waals surface area contributed by atoms with Gasteiger partial charge in [0.2, 0.25) is 0 Å². The van der Waals surface area contributed by atoms with Crippen molar-refractivity contribution in [3.63, 3.8) is 0 Å². The maximum absolute atomic E-state index is 12.4. The molecule has 0 bridgehead atoms. The van der Waals surface area contributed by atoms with Gasteiger partial charge in [-0.1, -0.05) is 23.7 Å². The van der Waals surface area contributed by atoms with E-state index in [4.69, 9.17) is 21.1 Å². The van der Waals surface area contributed by atoms with E-state index in [2.05, 4.69) is 5.32 Å². The minimum Gasteiger partial charge on any atom is -0.495 e. The number of benzene rings is 2. The molecule has 1 N–H and O–H groups in total. The summed E-state index contributed by atoms with van der Waals surface area (Å²) in [7, 11) is 1.48. The Morgan fingerprint density at radius 1 is 1.21 bits per heavy atom. The quantitative estimate of drug-likeness (QED) is 0.390. The third-order valence-corrected chi connectivity index (χ3v) is 5.08. The zero-order chi connectivity index (χ0) is 20.7. The van der Waals surface area contributed by atoms with Crippen LogP contribution in [0.2, 0.25) is 5.02 Å². The number of carbonyl (C=O) groups excluding carboxylic acids is 2. The summed E-state index contributed by atoms with van der Waals surface area (Å²) in [6.07, 6.45) is 3.96. The lowest BCUT2D eigenvalue weighted by atomic mass is 10.2. The van der Waals surface area contributed by atoms with Gasteiger partial charge in [-0.25, -0.2) is 4.79 Å². The molecule has 0 aliphatic carbocycles. The van der Waals surface area contributed by atoms with Gasteiger partial charge in [0, 0.05) is 22.1 Å². The van der Waals surface area contributed by atoms with Crippen LogP contribution in [0.1, 0.15) is 18.1 Å². The lowest BCUT2D eigenvalue weighted by Gasteiger charge is -2.15. The van der Waals surface area contributed by atoms with Crippen LogP contribution in [0.3, 0.4) is 0 Å². The van der Waals surface area contributed by atoms with Crippen molar-refractivity contribution in [2.24, 2.45) is 0 Å². The Morgan fingerprint density at radius 3 is 2.50 bits per heavy atom. The Balaban J connectivity index is 1.97. The second-order valence-electron chi connectivity index (χ2n) is 5.98. The van der Waals surface area contributed by atoms with Gasteiger partial charge in [-0.15, -0.1) is 11.8 Å². The molecule has 0 aromatic heterocycles. The van der Waals surface area contributed by atoms with E-state index in [0.717, 1.165) is 16.0 Å². The summed E-state index contributed by atoms with van der Waals surface area (Å²) in [5.41, 5.74) is 2.12. The summed E-state index contributed by atoms with van der Waals surface area (Å²) < 4.78 is 10.4. The Kier molecular flexibility index (Phi) is 7.96. The van der Waals surface area contributed by atoms with E-state index >= 15 is 0 Å². The summed E-state index contributed by atoms with van der Waals surface area (Å²) in [6.45, 7) is 3.32. The van der Waals surface area contributed by atoms with E-state index in [0.29, 0.717) is 16.5 Å². The lowest BCUT2D eigenvalue weighted by Crippen LogP contribution is -2.29. The molecular formula is C21H22ClNO4S. The zero-order valence-corrected chi connectivity index (χ0v) is 17.7. The average Bonchev–Trinajstić information content (AvgIpc) is 2.69. The number of aryl methyl sites for hydroxylation is 1. The SMILES string of the molecule is COc1cc(Cl)c(C)cc1NC(=O)[C@H](C)OC(=O)/C=C/c1ccc(SC)cc1. The van der Waals surface area contributed by atoms with Crippen molar-refractivity contribution in [3.05, 3.63) is 58.6 Å². The Hall–Kier alpha value is -2.44. The van der Waals surface area contributed by atoms with E-state index in [1.54, 1.807) is 30.0 Å². The Morgan fingerprint density at radius 2 is 1.89 bits per heavy atom. The number of ether oxygens (including phenoxy) is 2. The molecule has 0 spiro atoms. The number of halogens is 1. The van der Waals surface area contributed by atoms with Crippen molar-refractivity contribution in [2.75, 3.05) is 18.7 Å². The summed E-state index contributed by atoms with van der Waals surface area (Å²) in [5.74, 6) is -0.641. The molecule has 1 atom stereocenters. The van der Waals surface area contributed by atoms with Crippen molar-refractivity contribution < 1.29 is 19.1 Å². The van der Waals surface area contributed by atoms with Gasteiger partial charge in [0.1, 0.15) is 5.75 Å². The molecule has 5 nitrogen and oxygen atoms in total. The third-order valence-electron chi connectivity index (χ3n) is 3.93. The first-order valence-corrected chi connectivity index (χ1v) is 10.1. The van der Waals surface area contributed by atoms with Crippen molar-refractivity contribution >= 4 is 47.0 Å².